The van der Waals surface area contributed by atoms with Gasteiger partial charge in [0.25, 0.3) is 0 Å². The lowest BCUT2D eigenvalue weighted by atomic mass is 9.95. The normalized spacial score (nSPS) is 17.6. The molecular formula is C15H15F3N2. The molecule has 0 bridgehead atoms. The highest BCUT2D eigenvalue weighted by Gasteiger charge is 2.41. The number of nitrogens with zero attached hydrogens (tertiary/aromatic N) is 2. The Balaban J connectivity index is 1.84. The highest BCUT2D eigenvalue weighted by molar-refractivity contribution is 5.91. The molecule has 5 heteroatoms. The molecule has 0 saturated carbocycles. The van der Waals surface area contributed by atoms with Crippen LogP contribution in [0.15, 0.2) is 36.5 Å². The monoisotopic (exact) mass is 280 g/mol. The van der Waals surface area contributed by atoms with Crippen molar-refractivity contribution in [3.63, 3.8) is 0 Å². The van der Waals surface area contributed by atoms with Crippen molar-refractivity contribution in [3.05, 3.63) is 36.5 Å². The predicted octanol–water partition coefficient (Wildman–Crippen LogP) is 4.01. The van der Waals surface area contributed by atoms with Crippen molar-refractivity contribution >= 4 is 16.6 Å². The molecule has 1 aliphatic heterocycles. The van der Waals surface area contributed by atoms with Gasteiger partial charge in [-0.15, -0.1) is 0 Å². The summed E-state index contributed by atoms with van der Waals surface area (Å²) in [5.41, 5.74) is 1.86. The fourth-order valence-electron chi connectivity index (χ4n) is 2.80. The molecule has 0 radical (unpaired) electrons. The summed E-state index contributed by atoms with van der Waals surface area (Å²) < 4.78 is 38.1. The summed E-state index contributed by atoms with van der Waals surface area (Å²) in [6.45, 7) is 0.885. The number of piperidine rings is 1. The van der Waals surface area contributed by atoms with Gasteiger partial charge in [0, 0.05) is 30.4 Å². The Bertz CT molecular complexity index is 596. The van der Waals surface area contributed by atoms with E-state index in [1.807, 2.05) is 35.2 Å². The van der Waals surface area contributed by atoms with E-state index >= 15 is 0 Å². The van der Waals surface area contributed by atoms with Crippen molar-refractivity contribution in [2.24, 2.45) is 5.92 Å². The number of para-hydroxylation sites is 1. The zero-order valence-corrected chi connectivity index (χ0v) is 10.9. The second kappa shape index (κ2) is 4.96. The van der Waals surface area contributed by atoms with E-state index in [1.54, 1.807) is 6.20 Å². The molecular weight excluding hydrogens is 265 g/mol. The lowest BCUT2D eigenvalue weighted by Crippen LogP contribution is -2.39. The van der Waals surface area contributed by atoms with Gasteiger partial charge in [-0.3, -0.25) is 4.98 Å². The van der Waals surface area contributed by atoms with Gasteiger partial charge in [-0.1, -0.05) is 18.2 Å². The van der Waals surface area contributed by atoms with E-state index < -0.39 is 12.1 Å². The van der Waals surface area contributed by atoms with Crippen LogP contribution in [0.1, 0.15) is 12.8 Å². The first-order chi connectivity index (χ1) is 9.55. The van der Waals surface area contributed by atoms with Crippen LogP contribution in [0.4, 0.5) is 18.9 Å². The summed E-state index contributed by atoms with van der Waals surface area (Å²) >= 11 is 0. The van der Waals surface area contributed by atoms with Gasteiger partial charge in [-0.25, -0.2) is 0 Å². The first-order valence-corrected chi connectivity index (χ1v) is 6.71. The van der Waals surface area contributed by atoms with Crippen molar-refractivity contribution in [1.82, 2.24) is 4.98 Å². The lowest BCUT2D eigenvalue weighted by Gasteiger charge is -2.34. The van der Waals surface area contributed by atoms with Crippen LogP contribution in [0.3, 0.4) is 0 Å². The molecule has 106 valence electrons. The summed E-state index contributed by atoms with van der Waals surface area (Å²) in [7, 11) is 0. The van der Waals surface area contributed by atoms with Gasteiger partial charge in [-0.05, 0) is 25.0 Å². The molecule has 1 aromatic carbocycles. The fraction of sp³-hybridized carbons (Fsp3) is 0.400. The van der Waals surface area contributed by atoms with E-state index in [9.17, 15) is 13.2 Å². The molecule has 0 aliphatic carbocycles. The van der Waals surface area contributed by atoms with Crippen LogP contribution in [-0.4, -0.2) is 24.2 Å². The van der Waals surface area contributed by atoms with Gasteiger partial charge in [0.2, 0.25) is 0 Å². The third kappa shape index (κ3) is 2.44. The molecule has 1 fully saturated rings. The topological polar surface area (TPSA) is 16.1 Å². The number of alkyl halides is 3. The summed E-state index contributed by atoms with van der Waals surface area (Å²) in [4.78, 5) is 6.32. The highest BCUT2D eigenvalue weighted by atomic mass is 19.4. The molecule has 0 N–H and O–H groups in total. The highest BCUT2D eigenvalue weighted by Crippen LogP contribution is 2.36. The molecule has 2 aromatic rings. The van der Waals surface area contributed by atoms with Gasteiger partial charge >= 0.3 is 6.18 Å². The van der Waals surface area contributed by atoms with Crippen molar-refractivity contribution < 1.29 is 13.2 Å². The number of benzene rings is 1. The average Bonchev–Trinajstić information content (AvgIpc) is 2.46. The number of anilines is 1. The maximum absolute atomic E-state index is 12.7. The molecule has 0 amide bonds. The van der Waals surface area contributed by atoms with Gasteiger partial charge in [0.05, 0.1) is 11.4 Å². The number of pyridine rings is 1. The first-order valence-electron chi connectivity index (χ1n) is 6.71. The standard InChI is InChI=1S/C15H15F3N2/c16-15(17,18)11-6-9-20(10-7-11)14-5-8-19-13-4-2-1-3-12(13)14/h1-5,8,11H,6-7,9-10H2. The SMILES string of the molecule is FC(F)(F)C1CCN(c2ccnc3ccccc23)CC1. The van der Waals surface area contributed by atoms with Crippen molar-refractivity contribution in [3.8, 4) is 0 Å². The molecule has 1 saturated heterocycles. The molecule has 1 aliphatic rings. The number of hydrogen-bond donors (Lipinski definition) is 0. The van der Waals surface area contributed by atoms with Crippen molar-refractivity contribution in [1.29, 1.82) is 0 Å². The fourth-order valence-corrected chi connectivity index (χ4v) is 2.80. The van der Waals surface area contributed by atoms with Gasteiger partial charge in [0.1, 0.15) is 0 Å². The Kier molecular flexibility index (Phi) is 3.28. The quantitative estimate of drug-likeness (QED) is 0.784. The zero-order chi connectivity index (χ0) is 14.2. The van der Waals surface area contributed by atoms with E-state index in [4.69, 9.17) is 0 Å². The van der Waals surface area contributed by atoms with E-state index in [1.165, 1.54) is 0 Å². The molecule has 0 unspecified atom stereocenters. The zero-order valence-electron chi connectivity index (χ0n) is 10.9. The Morgan fingerprint density at radius 1 is 1.05 bits per heavy atom. The number of hydrogen-bond acceptors (Lipinski definition) is 2. The summed E-state index contributed by atoms with van der Waals surface area (Å²) in [6, 6.07) is 9.61. The van der Waals surface area contributed by atoms with Crippen LogP contribution in [0, 0.1) is 5.92 Å². The molecule has 0 spiro atoms. The minimum atomic E-state index is -4.06. The third-order valence-corrected chi connectivity index (χ3v) is 3.92. The predicted molar refractivity (Wildman–Crippen MR) is 72.7 cm³/mol. The number of aromatic nitrogens is 1. The molecule has 20 heavy (non-hydrogen) atoms. The van der Waals surface area contributed by atoms with Gasteiger partial charge < -0.3 is 4.90 Å². The van der Waals surface area contributed by atoms with Crippen LogP contribution in [0.5, 0.6) is 0 Å². The minimum Gasteiger partial charge on any atom is -0.371 e. The Hall–Kier alpha value is -1.78. The molecule has 3 rings (SSSR count). The second-order valence-corrected chi connectivity index (χ2v) is 5.15. The van der Waals surface area contributed by atoms with E-state index in [-0.39, 0.29) is 12.8 Å². The molecule has 1 aromatic heterocycles. The Morgan fingerprint density at radius 2 is 1.75 bits per heavy atom. The van der Waals surface area contributed by atoms with Crippen LogP contribution >= 0.6 is 0 Å². The van der Waals surface area contributed by atoms with E-state index in [0.717, 1.165) is 16.6 Å². The molecule has 2 heterocycles. The Labute approximate surface area is 115 Å². The smallest absolute Gasteiger partial charge is 0.371 e. The maximum atomic E-state index is 12.7. The van der Waals surface area contributed by atoms with Gasteiger partial charge in [-0.2, -0.15) is 13.2 Å². The van der Waals surface area contributed by atoms with Crippen LogP contribution in [0.2, 0.25) is 0 Å². The third-order valence-electron chi connectivity index (χ3n) is 3.92. The summed E-state index contributed by atoms with van der Waals surface area (Å²) in [5, 5.41) is 1.00. The average molecular weight is 280 g/mol. The first kappa shape index (κ1) is 13.2. The summed E-state index contributed by atoms with van der Waals surface area (Å²) in [5.74, 6) is -1.16. The van der Waals surface area contributed by atoms with Crippen molar-refractivity contribution in [2.45, 2.75) is 19.0 Å². The second-order valence-electron chi connectivity index (χ2n) is 5.15. The number of halogens is 3. The van der Waals surface area contributed by atoms with E-state index in [0.29, 0.717) is 13.1 Å². The van der Waals surface area contributed by atoms with Crippen LogP contribution < -0.4 is 4.90 Å². The van der Waals surface area contributed by atoms with Crippen molar-refractivity contribution in [2.75, 3.05) is 18.0 Å². The van der Waals surface area contributed by atoms with Crippen LogP contribution in [-0.2, 0) is 0 Å². The Morgan fingerprint density at radius 3 is 2.45 bits per heavy atom. The maximum Gasteiger partial charge on any atom is 0.391 e. The summed E-state index contributed by atoms with van der Waals surface area (Å²) in [6.07, 6.45) is -2.01. The minimum absolute atomic E-state index is 0.167. The lowest BCUT2D eigenvalue weighted by molar-refractivity contribution is -0.179. The van der Waals surface area contributed by atoms with E-state index in [2.05, 4.69) is 4.98 Å². The van der Waals surface area contributed by atoms with Gasteiger partial charge in [0.15, 0.2) is 0 Å². The largest absolute Gasteiger partial charge is 0.391 e. The molecule has 0 atom stereocenters. The number of rotatable bonds is 1. The molecule has 2 nitrogen and oxygen atoms in total. The van der Waals surface area contributed by atoms with Crippen LogP contribution in [0.25, 0.3) is 10.9 Å². The number of fused-ring (bicyclic) bond motifs is 1.